The maximum absolute atomic E-state index is 12.3. The van der Waals surface area contributed by atoms with E-state index in [1.807, 2.05) is 24.3 Å². The molecule has 2 heterocycles. The number of anilines is 1. The number of amides is 1. The molecule has 6 nitrogen and oxygen atoms in total. The van der Waals surface area contributed by atoms with Crippen molar-refractivity contribution in [2.75, 3.05) is 11.9 Å². The summed E-state index contributed by atoms with van der Waals surface area (Å²) in [6.07, 6.45) is 4.92. The lowest BCUT2D eigenvalue weighted by Gasteiger charge is -2.27. The molecule has 2 N–H and O–H groups in total. The van der Waals surface area contributed by atoms with Crippen LogP contribution in [0.4, 0.5) is 5.69 Å². The zero-order valence-electron chi connectivity index (χ0n) is 12.0. The topological polar surface area (TPSA) is 71.8 Å². The third kappa shape index (κ3) is 3.28. The Kier molecular flexibility index (Phi) is 3.96. The highest BCUT2D eigenvalue weighted by Gasteiger charge is 2.24. The first-order chi connectivity index (χ1) is 10.2. The molecule has 3 rings (SSSR count). The van der Waals surface area contributed by atoms with Crippen molar-refractivity contribution in [3.63, 3.8) is 0 Å². The number of carbonyl (C=O) groups is 1. The molecule has 0 aliphatic carbocycles. The molecular weight excluding hydrogens is 266 g/mol. The van der Waals surface area contributed by atoms with Crippen LogP contribution in [0.3, 0.4) is 0 Å². The van der Waals surface area contributed by atoms with Crippen LogP contribution in [-0.4, -0.2) is 33.3 Å². The second kappa shape index (κ2) is 6.05. The Morgan fingerprint density at radius 1 is 1.38 bits per heavy atom. The summed E-state index contributed by atoms with van der Waals surface area (Å²) in [5.41, 5.74) is 1.73. The first-order valence-corrected chi connectivity index (χ1v) is 7.21. The van der Waals surface area contributed by atoms with Gasteiger partial charge in [-0.05, 0) is 50.6 Å². The number of rotatable bonds is 3. The minimum Gasteiger partial charge on any atom is -0.326 e. The van der Waals surface area contributed by atoms with Gasteiger partial charge in [-0.1, -0.05) is 0 Å². The smallest absolute Gasteiger partial charge is 0.227 e. The predicted octanol–water partition coefficient (Wildman–Crippen LogP) is 1.59. The van der Waals surface area contributed by atoms with Gasteiger partial charge in [-0.25, -0.2) is 9.67 Å². The van der Waals surface area contributed by atoms with Crippen molar-refractivity contribution in [1.29, 1.82) is 0 Å². The van der Waals surface area contributed by atoms with Gasteiger partial charge in [-0.3, -0.25) is 4.79 Å². The summed E-state index contributed by atoms with van der Waals surface area (Å²) in [5, 5.41) is 10.4. The lowest BCUT2D eigenvalue weighted by molar-refractivity contribution is -0.120. The van der Waals surface area contributed by atoms with Crippen LogP contribution in [0.2, 0.25) is 0 Å². The van der Waals surface area contributed by atoms with E-state index >= 15 is 0 Å². The number of hydrogen-bond donors (Lipinski definition) is 2. The number of benzene rings is 1. The van der Waals surface area contributed by atoms with Crippen molar-refractivity contribution < 1.29 is 4.79 Å². The summed E-state index contributed by atoms with van der Waals surface area (Å²) in [6.45, 7) is 3.02. The van der Waals surface area contributed by atoms with Crippen LogP contribution in [0.1, 0.15) is 19.8 Å². The van der Waals surface area contributed by atoms with E-state index in [4.69, 9.17) is 0 Å². The van der Waals surface area contributed by atoms with Gasteiger partial charge in [0, 0.05) is 17.6 Å². The second-order valence-corrected chi connectivity index (χ2v) is 5.45. The molecular formula is C15H19N5O. The number of aromatic nitrogens is 3. The van der Waals surface area contributed by atoms with Crippen LogP contribution in [-0.2, 0) is 4.79 Å². The van der Waals surface area contributed by atoms with Crippen LogP contribution >= 0.6 is 0 Å². The number of piperidine rings is 1. The van der Waals surface area contributed by atoms with Gasteiger partial charge in [-0.2, -0.15) is 5.10 Å². The monoisotopic (exact) mass is 285 g/mol. The van der Waals surface area contributed by atoms with Gasteiger partial charge in [0.15, 0.2) is 0 Å². The van der Waals surface area contributed by atoms with Crippen molar-refractivity contribution in [2.45, 2.75) is 25.8 Å². The molecule has 2 aromatic rings. The van der Waals surface area contributed by atoms with Gasteiger partial charge in [0.2, 0.25) is 5.91 Å². The molecule has 1 saturated heterocycles. The molecule has 110 valence electrons. The lowest BCUT2D eigenvalue weighted by atomic mass is 9.92. The Hall–Kier alpha value is -2.21. The van der Waals surface area contributed by atoms with Gasteiger partial charge >= 0.3 is 0 Å². The molecule has 0 radical (unpaired) electrons. The fourth-order valence-electron chi connectivity index (χ4n) is 2.65. The number of hydrogen-bond acceptors (Lipinski definition) is 4. The molecule has 0 bridgehead atoms. The van der Waals surface area contributed by atoms with Crippen molar-refractivity contribution in [1.82, 2.24) is 20.1 Å². The number of carbonyl (C=O) groups excluding carboxylic acids is 1. The standard InChI is InChI=1S/C15H19N5O/c1-11-8-12(6-7-17-11)15(21)19-13-2-4-14(5-3-13)20-10-16-9-18-20/h2-5,9-12,17H,6-8H2,1H3,(H,19,21). The van der Waals surface area contributed by atoms with E-state index in [0.29, 0.717) is 6.04 Å². The summed E-state index contributed by atoms with van der Waals surface area (Å²) in [6, 6.07) is 8.01. The number of nitrogens with one attached hydrogen (secondary N) is 2. The minimum absolute atomic E-state index is 0.0937. The Morgan fingerprint density at radius 2 is 2.19 bits per heavy atom. The molecule has 2 atom stereocenters. The summed E-state index contributed by atoms with van der Waals surface area (Å²) < 4.78 is 1.68. The largest absolute Gasteiger partial charge is 0.326 e. The van der Waals surface area contributed by atoms with Crippen LogP contribution < -0.4 is 10.6 Å². The highest BCUT2D eigenvalue weighted by Crippen LogP contribution is 2.19. The Labute approximate surface area is 123 Å². The fourth-order valence-corrected chi connectivity index (χ4v) is 2.65. The van der Waals surface area contributed by atoms with Crippen molar-refractivity contribution in [3.8, 4) is 5.69 Å². The highest BCUT2D eigenvalue weighted by atomic mass is 16.1. The normalized spacial score (nSPS) is 22.0. The average molecular weight is 285 g/mol. The molecule has 1 aliphatic heterocycles. The van der Waals surface area contributed by atoms with Crippen molar-refractivity contribution in [2.24, 2.45) is 5.92 Å². The van der Waals surface area contributed by atoms with E-state index in [2.05, 4.69) is 27.6 Å². The third-order valence-corrected chi connectivity index (χ3v) is 3.81. The fraction of sp³-hybridized carbons (Fsp3) is 0.400. The maximum atomic E-state index is 12.3. The van der Waals surface area contributed by atoms with E-state index in [1.165, 1.54) is 6.33 Å². The van der Waals surface area contributed by atoms with Crippen molar-refractivity contribution >= 4 is 11.6 Å². The number of nitrogens with zero attached hydrogens (tertiary/aromatic N) is 3. The van der Waals surface area contributed by atoms with E-state index in [-0.39, 0.29) is 11.8 Å². The molecule has 0 saturated carbocycles. The first kappa shape index (κ1) is 13.8. The molecule has 2 unspecified atom stereocenters. The van der Waals surface area contributed by atoms with Crippen molar-refractivity contribution in [3.05, 3.63) is 36.9 Å². The SMILES string of the molecule is CC1CC(C(=O)Nc2ccc(-n3cncn3)cc2)CCN1. The molecule has 6 heteroatoms. The molecule has 1 fully saturated rings. The summed E-state index contributed by atoms with van der Waals surface area (Å²) in [7, 11) is 0. The molecule has 1 aliphatic rings. The predicted molar refractivity (Wildman–Crippen MR) is 80.2 cm³/mol. The quantitative estimate of drug-likeness (QED) is 0.898. The van der Waals surface area contributed by atoms with Gasteiger partial charge in [-0.15, -0.1) is 0 Å². The molecule has 1 aromatic carbocycles. The summed E-state index contributed by atoms with van der Waals surface area (Å²) in [5.74, 6) is 0.202. The Bertz CT molecular complexity index is 593. The maximum Gasteiger partial charge on any atom is 0.227 e. The summed E-state index contributed by atoms with van der Waals surface area (Å²) >= 11 is 0. The molecule has 1 amide bonds. The van der Waals surface area contributed by atoms with E-state index in [1.54, 1.807) is 11.0 Å². The van der Waals surface area contributed by atoms with Crippen LogP contribution in [0.5, 0.6) is 0 Å². The zero-order chi connectivity index (χ0) is 14.7. The zero-order valence-corrected chi connectivity index (χ0v) is 12.0. The Morgan fingerprint density at radius 3 is 2.86 bits per heavy atom. The van der Waals surface area contributed by atoms with Crippen LogP contribution in [0, 0.1) is 5.92 Å². The molecule has 0 spiro atoms. The first-order valence-electron chi connectivity index (χ1n) is 7.21. The highest BCUT2D eigenvalue weighted by molar-refractivity contribution is 5.92. The third-order valence-electron chi connectivity index (χ3n) is 3.81. The van der Waals surface area contributed by atoms with Crippen LogP contribution in [0.25, 0.3) is 5.69 Å². The van der Waals surface area contributed by atoms with Gasteiger partial charge < -0.3 is 10.6 Å². The molecule has 21 heavy (non-hydrogen) atoms. The van der Waals surface area contributed by atoms with Gasteiger partial charge in [0.25, 0.3) is 0 Å². The van der Waals surface area contributed by atoms with Gasteiger partial charge in [0.05, 0.1) is 5.69 Å². The van der Waals surface area contributed by atoms with Crippen LogP contribution in [0.15, 0.2) is 36.9 Å². The molecule has 1 aromatic heterocycles. The minimum atomic E-state index is 0.0937. The van der Waals surface area contributed by atoms with E-state index in [0.717, 1.165) is 30.8 Å². The summed E-state index contributed by atoms with van der Waals surface area (Å²) in [4.78, 5) is 16.2. The average Bonchev–Trinajstić information content (AvgIpc) is 3.02. The second-order valence-electron chi connectivity index (χ2n) is 5.45. The van der Waals surface area contributed by atoms with Gasteiger partial charge in [0.1, 0.15) is 12.7 Å². The Balaban J connectivity index is 1.63. The van der Waals surface area contributed by atoms with E-state index < -0.39 is 0 Å². The van der Waals surface area contributed by atoms with E-state index in [9.17, 15) is 4.79 Å². The lowest BCUT2D eigenvalue weighted by Crippen LogP contribution is -2.40.